The number of carboxylic acids is 1. The molecule has 0 saturated heterocycles. The first-order valence-electron chi connectivity index (χ1n) is 6.37. The minimum absolute atomic E-state index is 0.0774. The van der Waals surface area contributed by atoms with E-state index in [0.29, 0.717) is 0 Å². The van der Waals surface area contributed by atoms with Crippen molar-refractivity contribution in [1.29, 1.82) is 0 Å². The molecule has 1 saturated carbocycles. The first-order chi connectivity index (χ1) is 9.04. The average Bonchev–Trinajstić information content (AvgIpc) is 3.14. The molecule has 5 nitrogen and oxygen atoms in total. The fraction of sp³-hybridized carbons (Fsp3) is 0.429. The maximum Gasteiger partial charge on any atom is 0.317 e. The number of amides is 1. The minimum Gasteiger partial charge on any atom is -0.480 e. The molecule has 1 aliphatic carbocycles. The van der Waals surface area contributed by atoms with Gasteiger partial charge in [-0.25, -0.2) is 0 Å². The van der Waals surface area contributed by atoms with E-state index in [9.17, 15) is 9.59 Å². The van der Waals surface area contributed by atoms with E-state index < -0.39 is 5.97 Å². The largest absolute Gasteiger partial charge is 0.480 e. The van der Waals surface area contributed by atoms with Crippen molar-refractivity contribution in [3.8, 4) is 0 Å². The van der Waals surface area contributed by atoms with E-state index in [2.05, 4.69) is 5.32 Å². The molecule has 1 aromatic carbocycles. The van der Waals surface area contributed by atoms with E-state index in [1.54, 1.807) is 4.90 Å². The summed E-state index contributed by atoms with van der Waals surface area (Å²) in [5.74, 6) is -1.06. The zero-order chi connectivity index (χ0) is 13.8. The Morgan fingerprint density at radius 2 is 1.89 bits per heavy atom. The van der Waals surface area contributed by atoms with Gasteiger partial charge in [-0.1, -0.05) is 17.7 Å². The lowest BCUT2D eigenvalue weighted by Crippen LogP contribution is -2.38. The summed E-state index contributed by atoms with van der Waals surface area (Å²) in [4.78, 5) is 24.3. The van der Waals surface area contributed by atoms with Crippen molar-refractivity contribution in [1.82, 2.24) is 4.90 Å². The van der Waals surface area contributed by atoms with Crippen LogP contribution in [0, 0.1) is 6.92 Å². The van der Waals surface area contributed by atoms with Crippen molar-refractivity contribution >= 4 is 17.6 Å². The Hall–Kier alpha value is -1.88. The number of carbonyl (C=O) groups is 2. The zero-order valence-electron chi connectivity index (χ0n) is 10.9. The summed E-state index contributed by atoms with van der Waals surface area (Å²) in [6.07, 6.45) is 1.95. The second-order valence-corrected chi connectivity index (χ2v) is 4.94. The molecule has 0 aromatic heterocycles. The summed E-state index contributed by atoms with van der Waals surface area (Å²) in [6.45, 7) is 2.03. The summed E-state index contributed by atoms with van der Waals surface area (Å²) in [5, 5.41) is 11.6. The highest BCUT2D eigenvalue weighted by Gasteiger charge is 2.31. The maximum atomic E-state index is 11.9. The van der Waals surface area contributed by atoms with Crippen molar-refractivity contribution in [2.24, 2.45) is 0 Å². The molecule has 5 heteroatoms. The number of nitrogens with zero attached hydrogens (tertiary/aromatic N) is 1. The third-order valence-electron chi connectivity index (χ3n) is 3.08. The number of aryl methyl sites for hydroxylation is 1. The summed E-state index contributed by atoms with van der Waals surface area (Å²) < 4.78 is 0. The third kappa shape index (κ3) is 4.37. The predicted molar refractivity (Wildman–Crippen MR) is 72.0 cm³/mol. The molecule has 0 radical (unpaired) electrons. The first kappa shape index (κ1) is 13.5. The lowest BCUT2D eigenvalue weighted by molar-refractivity contribution is -0.138. The Labute approximate surface area is 112 Å². The van der Waals surface area contributed by atoms with Crippen molar-refractivity contribution in [3.63, 3.8) is 0 Å². The summed E-state index contributed by atoms with van der Waals surface area (Å²) in [6, 6.07) is 7.77. The van der Waals surface area contributed by atoms with Gasteiger partial charge in [0.15, 0.2) is 0 Å². The van der Waals surface area contributed by atoms with E-state index in [1.807, 2.05) is 31.2 Å². The van der Waals surface area contributed by atoms with Gasteiger partial charge in [-0.15, -0.1) is 0 Å². The van der Waals surface area contributed by atoms with Gasteiger partial charge in [0.05, 0.1) is 13.1 Å². The number of hydrogen-bond acceptors (Lipinski definition) is 3. The van der Waals surface area contributed by atoms with Crippen molar-refractivity contribution in [2.45, 2.75) is 25.8 Å². The number of carbonyl (C=O) groups excluding carboxylic acids is 1. The van der Waals surface area contributed by atoms with Gasteiger partial charge in [0.2, 0.25) is 5.91 Å². The standard InChI is InChI=1S/C14H18N2O3/c1-10-2-4-11(5-3-10)15-13(17)8-16(9-14(18)19)12-6-7-12/h2-5,12H,6-9H2,1H3,(H,15,17)(H,18,19). The van der Waals surface area contributed by atoms with Crippen LogP contribution in [-0.4, -0.2) is 41.0 Å². The van der Waals surface area contributed by atoms with E-state index in [1.165, 1.54) is 0 Å². The monoisotopic (exact) mass is 262 g/mol. The van der Waals surface area contributed by atoms with Crippen LogP contribution in [0.3, 0.4) is 0 Å². The minimum atomic E-state index is -0.893. The number of nitrogens with one attached hydrogen (secondary N) is 1. The van der Waals surface area contributed by atoms with Gasteiger partial charge in [0, 0.05) is 11.7 Å². The van der Waals surface area contributed by atoms with Crippen LogP contribution in [0.25, 0.3) is 0 Å². The molecule has 1 aromatic rings. The smallest absolute Gasteiger partial charge is 0.317 e. The number of benzene rings is 1. The number of aliphatic carboxylic acids is 1. The second-order valence-electron chi connectivity index (χ2n) is 4.94. The third-order valence-corrected chi connectivity index (χ3v) is 3.08. The van der Waals surface area contributed by atoms with Crippen LogP contribution in [0.5, 0.6) is 0 Å². The molecule has 2 rings (SSSR count). The molecule has 0 aliphatic heterocycles. The molecule has 1 amide bonds. The SMILES string of the molecule is Cc1ccc(NC(=O)CN(CC(=O)O)C2CC2)cc1. The fourth-order valence-electron chi connectivity index (χ4n) is 1.95. The number of carboxylic acid groups (broad SMARTS) is 1. The van der Waals surface area contributed by atoms with E-state index >= 15 is 0 Å². The van der Waals surface area contributed by atoms with Gasteiger partial charge in [-0.2, -0.15) is 0 Å². The molecule has 0 bridgehead atoms. The van der Waals surface area contributed by atoms with Crippen LogP contribution < -0.4 is 5.32 Å². The van der Waals surface area contributed by atoms with E-state index in [0.717, 1.165) is 24.1 Å². The highest BCUT2D eigenvalue weighted by atomic mass is 16.4. The fourth-order valence-corrected chi connectivity index (χ4v) is 1.95. The Bertz CT molecular complexity index is 466. The highest BCUT2D eigenvalue weighted by molar-refractivity contribution is 5.92. The van der Waals surface area contributed by atoms with Crippen LogP contribution in [-0.2, 0) is 9.59 Å². The second kappa shape index (κ2) is 5.84. The average molecular weight is 262 g/mol. The van der Waals surface area contributed by atoms with Crippen LogP contribution >= 0.6 is 0 Å². The molecular formula is C14H18N2O3. The van der Waals surface area contributed by atoms with Crippen LogP contribution in [0.1, 0.15) is 18.4 Å². The molecular weight excluding hydrogens is 244 g/mol. The molecule has 19 heavy (non-hydrogen) atoms. The lowest BCUT2D eigenvalue weighted by atomic mass is 10.2. The molecule has 0 heterocycles. The Morgan fingerprint density at radius 1 is 1.26 bits per heavy atom. The number of rotatable bonds is 6. The van der Waals surface area contributed by atoms with Crippen molar-refractivity contribution in [2.75, 3.05) is 18.4 Å². The highest BCUT2D eigenvalue weighted by Crippen LogP contribution is 2.26. The van der Waals surface area contributed by atoms with E-state index in [4.69, 9.17) is 5.11 Å². The number of hydrogen-bond donors (Lipinski definition) is 2. The van der Waals surface area contributed by atoms with Gasteiger partial charge in [0.1, 0.15) is 0 Å². The van der Waals surface area contributed by atoms with E-state index in [-0.39, 0.29) is 25.0 Å². The molecule has 0 atom stereocenters. The lowest BCUT2D eigenvalue weighted by Gasteiger charge is -2.18. The normalized spacial score (nSPS) is 14.4. The molecule has 0 unspecified atom stereocenters. The quantitative estimate of drug-likeness (QED) is 0.814. The molecule has 1 fully saturated rings. The van der Waals surface area contributed by atoms with Crippen molar-refractivity contribution < 1.29 is 14.7 Å². The topological polar surface area (TPSA) is 69.6 Å². The van der Waals surface area contributed by atoms with Gasteiger partial charge in [-0.05, 0) is 31.9 Å². The first-order valence-corrected chi connectivity index (χ1v) is 6.37. The van der Waals surface area contributed by atoms with Crippen LogP contribution in [0.4, 0.5) is 5.69 Å². The Morgan fingerprint density at radius 3 is 2.42 bits per heavy atom. The zero-order valence-corrected chi connectivity index (χ0v) is 10.9. The van der Waals surface area contributed by atoms with Gasteiger partial charge in [0.25, 0.3) is 0 Å². The molecule has 0 spiro atoms. The van der Waals surface area contributed by atoms with Gasteiger partial charge in [-0.3, -0.25) is 14.5 Å². The van der Waals surface area contributed by atoms with Crippen LogP contribution in [0.15, 0.2) is 24.3 Å². The van der Waals surface area contributed by atoms with Gasteiger partial charge < -0.3 is 10.4 Å². The Kier molecular flexibility index (Phi) is 4.16. The Balaban J connectivity index is 1.88. The molecule has 102 valence electrons. The summed E-state index contributed by atoms with van der Waals surface area (Å²) in [5.41, 5.74) is 1.87. The number of anilines is 1. The summed E-state index contributed by atoms with van der Waals surface area (Å²) in [7, 11) is 0. The molecule has 2 N–H and O–H groups in total. The molecule has 1 aliphatic rings. The predicted octanol–water partition coefficient (Wildman–Crippen LogP) is 1.48. The van der Waals surface area contributed by atoms with Crippen LogP contribution in [0.2, 0.25) is 0 Å². The van der Waals surface area contributed by atoms with Gasteiger partial charge >= 0.3 is 5.97 Å². The maximum absolute atomic E-state index is 11.9. The van der Waals surface area contributed by atoms with Crippen molar-refractivity contribution in [3.05, 3.63) is 29.8 Å². The summed E-state index contributed by atoms with van der Waals surface area (Å²) >= 11 is 0.